The molecule has 4 aromatic rings. The lowest BCUT2D eigenvalue weighted by atomic mass is 10.1. The van der Waals surface area contributed by atoms with Gasteiger partial charge in [-0.2, -0.15) is 0 Å². The number of fused-ring (bicyclic) bond motifs is 2. The summed E-state index contributed by atoms with van der Waals surface area (Å²) in [7, 11) is 0. The molecule has 2 aliphatic rings. The van der Waals surface area contributed by atoms with Gasteiger partial charge in [0.05, 0.1) is 25.4 Å². The Balaban J connectivity index is 0.000000169. The van der Waals surface area contributed by atoms with Crippen molar-refractivity contribution < 1.29 is 19.7 Å². The maximum absolute atomic E-state index is 9.45. The van der Waals surface area contributed by atoms with Crippen LogP contribution in [0.2, 0.25) is 0 Å². The number of rotatable bonds is 13. The number of likely N-dealkylation sites (tertiary alicyclic amines) is 1. The molecule has 0 spiro atoms. The Morgan fingerprint density at radius 3 is 1.91 bits per heavy atom. The Bertz CT molecular complexity index is 1310. The van der Waals surface area contributed by atoms with E-state index in [1.165, 1.54) is 31.3 Å². The fourth-order valence-electron chi connectivity index (χ4n) is 5.13. The van der Waals surface area contributed by atoms with Crippen molar-refractivity contribution in [3.63, 3.8) is 0 Å². The van der Waals surface area contributed by atoms with Crippen molar-refractivity contribution in [1.29, 1.82) is 0 Å². The number of aliphatic hydroxyl groups is 2. The van der Waals surface area contributed by atoms with E-state index < -0.39 is 0 Å². The van der Waals surface area contributed by atoms with Gasteiger partial charge in [0.25, 0.3) is 0 Å². The van der Waals surface area contributed by atoms with E-state index in [9.17, 15) is 5.11 Å². The standard InChI is InChI=1S/C17H23NO2S.C13H15ClOS.C4H9NO/c19-16-4-8-18(13-16)7-1-9-20-10-5-14-2-3-17-15(12-14)6-11-21-17;14-6-1-7-15-8-4-11-2-3-13-12(10-11)5-9-16-13;6-4-1-2-5-3-4/h2-3,6,11-12,16,19H,1,4-5,7-10,13H2;2-3,5,9-10H,1,4,6-8H2;4-6H,1-3H2. The van der Waals surface area contributed by atoms with E-state index in [-0.39, 0.29) is 12.2 Å². The average Bonchev–Trinajstić information content (AvgIpc) is 3.84. The van der Waals surface area contributed by atoms with E-state index in [0.717, 1.165) is 97.7 Å². The molecule has 6 rings (SSSR count). The number of ether oxygens (including phenoxy) is 2. The molecule has 3 N–H and O–H groups in total. The van der Waals surface area contributed by atoms with E-state index in [0.29, 0.717) is 5.88 Å². The molecule has 0 aliphatic carbocycles. The Labute approximate surface area is 269 Å². The largest absolute Gasteiger partial charge is 0.392 e. The van der Waals surface area contributed by atoms with Crippen molar-refractivity contribution in [2.45, 2.75) is 50.7 Å². The molecule has 236 valence electrons. The third-order valence-corrected chi connectivity index (χ3v) is 9.63. The van der Waals surface area contributed by atoms with Gasteiger partial charge in [0.2, 0.25) is 0 Å². The summed E-state index contributed by atoms with van der Waals surface area (Å²) in [5, 5.41) is 28.1. The molecule has 2 aromatic carbocycles. The number of thiophene rings is 2. The van der Waals surface area contributed by atoms with Gasteiger partial charge < -0.3 is 29.9 Å². The van der Waals surface area contributed by atoms with Crippen molar-refractivity contribution >= 4 is 54.4 Å². The highest BCUT2D eigenvalue weighted by atomic mass is 35.5. The van der Waals surface area contributed by atoms with Gasteiger partial charge in [0.15, 0.2) is 0 Å². The van der Waals surface area contributed by atoms with Gasteiger partial charge in [0, 0.05) is 54.7 Å². The Kier molecular flexibility index (Phi) is 15.7. The van der Waals surface area contributed by atoms with Gasteiger partial charge in [-0.05, 0) is 102 Å². The zero-order valence-corrected chi connectivity index (χ0v) is 27.5. The average molecular weight is 647 g/mol. The van der Waals surface area contributed by atoms with Crippen LogP contribution in [0.4, 0.5) is 0 Å². The molecule has 2 fully saturated rings. The minimum Gasteiger partial charge on any atom is -0.392 e. The normalized spacial score (nSPS) is 18.5. The van der Waals surface area contributed by atoms with Crippen LogP contribution in [0.3, 0.4) is 0 Å². The lowest BCUT2D eigenvalue weighted by molar-refractivity contribution is 0.122. The summed E-state index contributed by atoms with van der Waals surface area (Å²) in [6.07, 6.45) is 5.62. The van der Waals surface area contributed by atoms with Gasteiger partial charge in [-0.1, -0.05) is 24.3 Å². The smallest absolute Gasteiger partial charge is 0.0679 e. The molecule has 9 heteroatoms. The van der Waals surface area contributed by atoms with E-state index in [1.807, 2.05) is 0 Å². The van der Waals surface area contributed by atoms with Crippen LogP contribution in [0.5, 0.6) is 0 Å². The van der Waals surface area contributed by atoms with Gasteiger partial charge in [0.1, 0.15) is 0 Å². The first kappa shape index (κ1) is 34.3. The fraction of sp³-hybridized carbons (Fsp3) is 0.529. The molecule has 2 aliphatic heterocycles. The SMILES string of the molecule is ClCCCOCCc1ccc2sccc2c1.OC1CCN(CCCOCCc2ccc3sccc3c2)C1.OC1CCNC1. The summed E-state index contributed by atoms with van der Waals surface area (Å²) < 4.78 is 13.9. The van der Waals surface area contributed by atoms with Crippen LogP contribution in [-0.4, -0.2) is 92.4 Å². The predicted molar refractivity (Wildman–Crippen MR) is 183 cm³/mol. The molecular formula is C34H47ClN2O4S2. The van der Waals surface area contributed by atoms with Gasteiger partial charge in [-0.15, -0.1) is 34.3 Å². The highest BCUT2D eigenvalue weighted by molar-refractivity contribution is 7.17. The number of aliphatic hydroxyl groups excluding tert-OH is 2. The predicted octanol–water partition coefficient (Wildman–Crippen LogP) is 6.35. The number of hydrogen-bond acceptors (Lipinski definition) is 8. The van der Waals surface area contributed by atoms with E-state index >= 15 is 0 Å². The minimum absolute atomic E-state index is 0.0648. The number of nitrogens with one attached hydrogen (secondary N) is 1. The lowest BCUT2D eigenvalue weighted by Gasteiger charge is -2.14. The van der Waals surface area contributed by atoms with Crippen LogP contribution in [0.25, 0.3) is 20.2 Å². The van der Waals surface area contributed by atoms with Crippen molar-refractivity contribution in [3.8, 4) is 0 Å². The molecule has 4 heterocycles. The highest BCUT2D eigenvalue weighted by Gasteiger charge is 2.19. The minimum atomic E-state index is -0.113. The summed E-state index contributed by atoms with van der Waals surface area (Å²) in [6.45, 7) is 7.84. The Morgan fingerprint density at radius 1 is 0.791 bits per heavy atom. The van der Waals surface area contributed by atoms with Crippen LogP contribution in [0, 0.1) is 0 Å². The monoisotopic (exact) mass is 646 g/mol. The van der Waals surface area contributed by atoms with Crippen LogP contribution in [0.1, 0.15) is 36.8 Å². The van der Waals surface area contributed by atoms with Crippen LogP contribution in [-0.2, 0) is 22.3 Å². The second-order valence-corrected chi connectivity index (χ2v) is 13.4. The second-order valence-electron chi connectivity index (χ2n) is 11.1. The van der Waals surface area contributed by atoms with Crippen molar-refractivity contribution in [2.75, 3.05) is 65.0 Å². The number of nitrogens with zero attached hydrogens (tertiary/aromatic N) is 1. The van der Waals surface area contributed by atoms with Crippen molar-refractivity contribution in [2.24, 2.45) is 0 Å². The van der Waals surface area contributed by atoms with Crippen LogP contribution in [0.15, 0.2) is 59.3 Å². The number of benzene rings is 2. The Hall–Kier alpha value is -1.59. The van der Waals surface area contributed by atoms with Gasteiger partial charge >= 0.3 is 0 Å². The number of β-amino-alcohol motifs (C(OH)–C–C–N with tert-alkyl or cyclic N) is 2. The maximum atomic E-state index is 9.45. The zero-order chi connectivity index (χ0) is 30.1. The fourth-order valence-corrected chi connectivity index (χ4v) is 6.78. The van der Waals surface area contributed by atoms with Gasteiger partial charge in [-0.3, -0.25) is 0 Å². The molecule has 2 unspecified atom stereocenters. The molecule has 2 aromatic heterocycles. The summed E-state index contributed by atoms with van der Waals surface area (Å²) in [5.74, 6) is 0.681. The van der Waals surface area contributed by atoms with E-state index in [2.05, 4.69) is 69.5 Å². The molecule has 43 heavy (non-hydrogen) atoms. The van der Waals surface area contributed by atoms with Crippen molar-refractivity contribution in [1.82, 2.24) is 10.2 Å². The van der Waals surface area contributed by atoms with Crippen molar-refractivity contribution in [3.05, 3.63) is 70.4 Å². The maximum Gasteiger partial charge on any atom is 0.0679 e. The van der Waals surface area contributed by atoms with E-state index in [4.69, 9.17) is 26.2 Å². The first-order valence-electron chi connectivity index (χ1n) is 15.5. The van der Waals surface area contributed by atoms with Gasteiger partial charge in [-0.25, -0.2) is 0 Å². The first-order valence-corrected chi connectivity index (χ1v) is 17.8. The third kappa shape index (κ3) is 12.7. The highest BCUT2D eigenvalue weighted by Crippen LogP contribution is 2.23. The number of hydrogen-bond donors (Lipinski definition) is 3. The summed E-state index contributed by atoms with van der Waals surface area (Å²) in [4.78, 5) is 2.32. The third-order valence-electron chi connectivity index (χ3n) is 7.57. The molecule has 0 saturated carbocycles. The molecule has 2 saturated heterocycles. The van der Waals surface area contributed by atoms with Crippen LogP contribution < -0.4 is 5.32 Å². The molecule has 0 bridgehead atoms. The quantitative estimate of drug-likeness (QED) is 0.116. The zero-order valence-electron chi connectivity index (χ0n) is 25.1. The number of alkyl halides is 1. The molecule has 2 atom stereocenters. The first-order chi connectivity index (χ1) is 21.1. The second kappa shape index (κ2) is 19.7. The summed E-state index contributed by atoms with van der Waals surface area (Å²) >= 11 is 9.15. The molecular weight excluding hydrogens is 600 g/mol. The molecule has 0 radical (unpaired) electrons. The van der Waals surface area contributed by atoms with E-state index in [1.54, 1.807) is 22.7 Å². The summed E-state index contributed by atoms with van der Waals surface area (Å²) in [5.41, 5.74) is 2.69. The summed E-state index contributed by atoms with van der Waals surface area (Å²) in [6, 6.07) is 17.6. The topological polar surface area (TPSA) is 74.2 Å². The lowest BCUT2D eigenvalue weighted by Crippen LogP contribution is -2.24. The molecule has 6 nitrogen and oxygen atoms in total. The number of halogens is 1. The Morgan fingerprint density at radius 2 is 1.42 bits per heavy atom. The van der Waals surface area contributed by atoms with Crippen LogP contribution >= 0.6 is 34.3 Å². The molecule has 0 amide bonds.